The molecule has 1 aliphatic rings. The molecule has 1 unspecified atom stereocenters. The first-order valence-corrected chi connectivity index (χ1v) is 8.39. The van der Waals surface area contributed by atoms with E-state index in [0.29, 0.717) is 5.56 Å². The fourth-order valence-electron chi connectivity index (χ4n) is 2.55. The van der Waals surface area contributed by atoms with Crippen LogP contribution in [0.25, 0.3) is 0 Å². The molecule has 11 nitrogen and oxygen atoms in total. The minimum atomic E-state index is -1.85. The zero-order valence-electron chi connectivity index (χ0n) is 15.2. The Balaban J connectivity index is 2.25. The number of hydrogen-bond donors (Lipinski definition) is 6. The molecule has 1 saturated heterocycles. The number of carbonyl (C=O) groups excluding carboxylic acids is 1. The molecule has 1 aliphatic heterocycles. The molecule has 6 N–H and O–H groups in total. The van der Waals surface area contributed by atoms with Crippen LogP contribution in [0.1, 0.15) is 19.4 Å². The van der Waals surface area contributed by atoms with Gasteiger partial charge in [-0.3, -0.25) is 4.79 Å². The minimum absolute atomic E-state index is 0.0211. The molecular formula is C17H23NO10. The molecule has 0 bridgehead atoms. The number of aliphatic carboxylic acids is 1. The maximum atomic E-state index is 11.5. The molecule has 1 fully saturated rings. The van der Waals surface area contributed by atoms with E-state index in [4.69, 9.17) is 19.3 Å². The van der Waals surface area contributed by atoms with Gasteiger partial charge in [-0.05, 0) is 24.6 Å². The van der Waals surface area contributed by atoms with Crippen molar-refractivity contribution in [2.75, 3.05) is 5.32 Å². The number of aliphatic hydroxyl groups excluding tert-OH is 4. The number of anilines is 1. The van der Waals surface area contributed by atoms with E-state index in [1.165, 1.54) is 26.0 Å². The first-order chi connectivity index (χ1) is 13.1. The lowest BCUT2D eigenvalue weighted by Crippen LogP contribution is -2.61. The third-order valence-electron chi connectivity index (χ3n) is 3.90. The lowest BCUT2D eigenvalue weighted by molar-refractivity contribution is -0.271. The van der Waals surface area contributed by atoms with Gasteiger partial charge >= 0.3 is 5.97 Å². The van der Waals surface area contributed by atoms with E-state index >= 15 is 0 Å². The van der Waals surface area contributed by atoms with Crippen molar-refractivity contribution in [1.82, 2.24) is 0 Å². The smallest absolute Gasteiger partial charge is 0.335 e. The SMILES string of the molecule is CC(=O)Nc1cc(COC(C)O)ccc1O[C@@H]1O[C@H](C(=O)O)[C@@H](O)[C@H](O)[C@H]1O. The Hall–Kier alpha value is -2.28. The Bertz CT molecular complexity index is 709. The first-order valence-electron chi connectivity index (χ1n) is 8.39. The van der Waals surface area contributed by atoms with Crippen LogP contribution in [0.15, 0.2) is 18.2 Å². The normalized spacial score (nSPS) is 28.4. The number of rotatable bonds is 7. The van der Waals surface area contributed by atoms with Gasteiger partial charge in [0.15, 0.2) is 12.4 Å². The van der Waals surface area contributed by atoms with Gasteiger partial charge in [0.25, 0.3) is 0 Å². The number of nitrogens with one attached hydrogen (secondary N) is 1. The lowest BCUT2D eigenvalue weighted by atomic mass is 9.99. The molecule has 0 aromatic heterocycles. The molecular weight excluding hydrogens is 378 g/mol. The quantitative estimate of drug-likeness (QED) is 0.303. The summed E-state index contributed by atoms with van der Waals surface area (Å²) in [5, 5.41) is 50.4. The molecule has 0 radical (unpaired) electrons. The molecule has 0 aliphatic carbocycles. The highest BCUT2D eigenvalue weighted by Gasteiger charge is 2.48. The summed E-state index contributed by atoms with van der Waals surface area (Å²) in [6, 6.07) is 4.46. The highest BCUT2D eigenvalue weighted by Crippen LogP contribution is 2.31. The molecule has 1 amide bonds. The highest BCUT2D eigenvalue weighted by molar-refractivity contribution is 5.90. The average molecular weight is 401 g/mol. The predicted molar refractivity (Wildman–Crippen MR) is 92.2 cm³/mol. The van der Waals surface area contributed by atoms with Gasteiger partial charge in [-0.1, -0.05) is 6.07 Å². The van der Waals surface area contributed by atoms with Gasteiger partial charge in [-0.15, -0.1) is 0 Å². The third kappa shape index (κ3) is 5.38. The number of amides is 1. The Morgan fingerprint density at radius 2 is 1.89 bits per heavy atom. The van der Waals surface area contributed by atoms with Crippen LogP contribution in [-0.4, -0.2) is 74.4 Å². The predicted octanol–water partition coefficient (Wildman–Crippen LogP) is -1.23. The van der Waals surface area contributed by atoms with Crippen molar-refractivity contribution in [3.8, 4) is 5.75 Å². The maximum Gasteiger partial charge on any atom is 0.335 e. The topological polar surface area (TPSA) is 175 Å². The number of aliphatic hydroxyl groups is 4. The van der Waals surface area contributed by atoms with Crippen molar-refractivity contribution in [2.45, 2.75) is 57.5 Å². The summed E-state index contributed by atoms with van der Waals surface area (Å²) < 4.78 is 15.6. The summed E-state index contributed by atoms with van der Waals surface area (Å²) in [4.78, 5) is 22.6. The van der Waals surface area contributed by atoms with E-state index in [2.05, 4.69) is 5.32 Å². The summed E-state index contributed by atoms with van der Waals surface area (Å²) in [5.74, 6) is -1.95. The summed E-state index contributed by atoms with van der Waals surface area (Å²) in [5.41, 5.74) is 0.753. The van der Waals surface area contributed by atoms with Gasteiger partial charge < -0.3 is 45.1 Å². The van der Waals surface area contributed by atoms with Crippen LogP contribution in [-0.2, 0) is 25.7 Å². The molecule has 1 aromatic carbocycles. The fraction of sp³-hybridized carbons (Fsp3) is 0.529. The third-order valence-corrected chi connectivity index (χ3v) is 3.90. The molecule has 156 valence electrons. The largest absolute Gasteiger partial charge is 0.479 e. The number of carboxylic acids is 1. The number of benzene rings is 1. The van der Waals surface area contributed by atoms with Crippen LogP contribution in [0.2, 0.25) is 0 Å². The monoisotopic (exact) mass is 401 g/mol. The van der Waals surface area contributed by atoms with Gasteiger partial charge in [-0.25, -0.2) is 4.79 Å². The van der Waals surface area contributed by atoms with E-state index < -0.39 is 48.9 Å². The second-order valence-corrected chi connectivity index (χ2v) is 6.27. The molecule has 2 rings (SSSR count). The molecule has 11 heteroatoms. The zero-order chi connectivity index (χ0) is 21.0. The van der Waals surface area contributed by atoms with Crippen LogP contribution in [0.5, 0.6) is 5.75 Å². The van der Waals surface area contributed by atoms with Gasteiger partial charge in [0.1, 0.15) is 24.1 Å². The molecule has 1 aromatic rings. The summed E-state index contributed by atoms with van der Waals surface area (Å²) in [6.07, 6.45) is -9.83. The molecule has 0 saturated carbocycles. The van der Waals surface area contributed by atoms with E-state index in [1.54, 1.807) is 6.07 Å². The Morgan fingerprint density at radius 3 is 2.46 bits per heavy atom. The van der Waals surface area contributed by atoms with E-state index in [0.717, 1.165) is 0 Å². The van der Waals surface area contributed by atoms with Gasteiger partial charge in [0.05, 0.1) is 12.3 Å². The van der Waals surface area contributed by atoms with Crippen molar-refractivity contribution >= 4 is 17.6 Å². The van der Waals surface area contributed by atoms with Crippen molar-refractivity contribution < 1.29 is 49.3 Å². The number of carboxylic acid groups (broad SMARTS) is 1. The Morgan fingerprint density at radius 1 is 1.21 bits per heavy atom. The van der Waals surface area contributed by atoms with Crippen LogP contribution in [0.3, 0.4) is 0 Å². The second-order valence-electron chi connectivity index (χ2n) is 6.27. The summed E-state index contributed by atoms with van der Waals surface area (Å²) in [7, 11) is 0. The number of hydrogen-bond acceptors (Lipinski definition) is 9. The van der Waals surface area contributed by atoms with E-state index in [9.17, 15) is 30.0 Å². The fourth-order valence-corrected chi connectivity index (χ4v) is 2.55. The van der Waals surface area contributed by atoms with Gasteiger partial charge in [0.2, 0.25) is 12.2 Å². The van der Waals surface area contributed by atoms with Crippen LogP contribution < -0.4 is 10.1 Å². The van der Waals surface area contributed by atoms with Gasteiger partial charge in [0, 0.05) is 6.92 Å². The number of carbonyl (C=O) groups is 2. The highest BCUT2D eigenvalue weighted by atomic mass is 16.7. The minimum Gasteiger partial charge on any atom is -0.479 e. The molecule has 1 heterocycles. The molecule has 6 atom stereocenters. The average Bonchev–Trinajstić information content (AvgIpc) is 2.61. The zero-order valence-corrected chi connectivity index (χ0v) is 15.2. The summed E-state index contributed by atoms with van der Waals surface area (Å²) >= 11 is 0. The maximum absolute atomic E-state index is 11.5. The van der Waals surface area contributed by atoms with Crippen molar-refractivity contribution in [3.05, 3.63) is 23.8 Å². The molecule has 0 spiro atoms. The summed E-state index contributed by atoms with van der Waals surface area (Å²) in [6.45, 7) is 2.74. The van der Waals surface area contributed by atoms with Crippen molar-refractivity contribution in [2.24, 2.45) is 0 Å². The lowest BCUT2D eigenvalue weighted by Gasteiger charge is -2.38. The standard InChI is InChI=1S/C17H23NO10/c1-7(19)18-10-5-9(6-26-8(2)20)3-4-11(10)27-17-14(23)12(21)13(22)15(28-17)16(24)25/h3-5,8,12-15,17,20-23H,6H2,1-2H3,(H,18,19)(H,24,25)/t8?,12-,13-,14+,15-,17+/m0/s1. The van der Waals surface area contributed by atoms with E-state index in [-0.39, 0.29) is 18.0 Å². The van der Waals surface area contributed by atoms with Crippen molar-refractivity contribution in [3.63, 3.8) is 0 Å². The van der Waals surface area contributed by atoms with Gasteiger partial charge in [-0.2, -0.15) is 0 Å². The first kappa shape index (κ1) is 22.0. The van der Waals surface area contributed by atoms with Crippen molar-refractivity contribution in [1.29, 1.82) is 0 Å². The van der Waals surface area contributed by atoms with Crippen LogP contribution in [0, 0.1) is 0 Å². The number of ether oxygens (including phenoxy) is 3. The Labute approximate surface area is 160 Å². The second kappa shape index (κ2) is 9.28. The Kier molecular flexibility index (Phi) is 7.29. The van der Waals surface area contributed by atoms with Crippen LogP contribution >= 0.6 is 0 Å². The van der Waals surface area contributed by atoms with E-state index in [1.807, 2.05) is 0 Å². The molecule has 28 heavy (non-hydrogen) atoms. The van der Waals surface area contributed by atoms with Crippen LogP contribution in [0.4, 0.5) is 5.69 Å².